The number of amides is 1. The Morgan fingerprint density at radius 2 is 1.78 bits per heavy atom. The van der Waals surface area contributed by atoms with Gasteiger partial charge in [0.15, 0.2) is 0 Å². The third kappa shape index (κ3) is 4.67. The smallest absolute Gasteiger partial charge is 0.257 e. The fourth-order valence-electron chi connectivity index (χ4n) is 3.49. The molecule has 2 aromatic carbocycles. The molecule has 0 radical (unpaired) electrons. The first kappa shape index (κ1) is 22.4. The summed E-state index contributed by atoms with van der Waals surface area (Å²) in [4.78, 5) is 18.7. The summed E-state index contributed by atoms with van der Waals surface area (Å²) in [6.45, 7) is 2.74. The SMILES string of the molecule is Cc1nc(COc2ccccc2C(=O)N2CCN(S(=O)(=O)c3ccccc3F)CC2)cs1. The highest BCUT2D eigenvalue weighted by Gasteiger charge is 2.32. The molecule has 10 heteroatoms. The monoisotopic (exact) mass is 475 g/mol. The van der Waals surface area contributed by atoms with Gasteiger partial charge in [-0.25, -0.2) is 17.8 Å². The molecule has 0 atom stereocenters. The lowest BCUT2D eigenvalue weighted by molar-refractivity contribution is 0.0693. The van der Waals surface area contributed by atoms with Crippen LogP contribution in [0.15, 0.2) is 58.8 Å². The number of carbonyl (C=O) groups excluding carboxylic acids is 1. The molecule has 1 amide bonds. The Balaban J connectivity index is 1.43. The van der Waals surface area contributed by atoms with Crippen LogP contribution in [-0.2, 0) is 16.6 Å². The van der Waals surface area contributed by atoms with E-state index in [4.69, 9.17) is 4.74 Å². The average Bonchev–Trinajstić information content (AvgIpc) is 3.23. The number of hydrogen-bond acceptors (Lipinski definition) is 6. The summed E-state index contributed by atoms with van der Waals surface area (Å²) in [7, 11) is -3.96. The Morgan fingerprint density at radius 1 is 1.09 bits per heavy atom. The van der Waals surface area contributed by atoms with Gasteiger partial charge < -0.3 is 9.64 Å². The van der Waals surface area contributed by atoms with Crippen LogP contribution in [-0.4, -0.2) is 54.7 Å². The number of ether oxygens (including phenoxy) is 1. The first-order chi connectivity index (χ1) is 15.4. The molecule has 1 fully saturated rings. The van der Waals surface area contributed by atoms with Crippen LogP contribution in [0.2, 0.25) is 0 Å². The summed E-state index contributed by atoms with van der Waals surface area (Å²) >= 11 is 1.53. The molecule has 7 nitrogen and oxygen atoms in total. The van der Waals surface area contributed by atoms with E-state index in [9.17, 15) is 17.6 Å². The second-order valence-corrected chi connectivity index (χ2v) is 10.2. The van der Waals surface area contributed by atoms with Crippen LogP contribution in [0.4, 0.5) is 4.39 Å². The molecule has 0 N–H and O–H groups in total. The van der Waals surface area contributed by atoms with Crippen LogP contribution in [0.25, 0.3) is 0 Å². The molecular formula is C22H22FN3O4S2. The van der Waals surface area contributed by atoms with Crippen LogP contribution in [0, 0.1) is 12.7 Å². The van der Waals surface area contributed by atoms with E-state index in [2.05, 4.69) is 4.98 Å². The number of benzene rings is 2. The molecule has 0 spiro atoms. The molecule has 1 aromatic heterocycles. The van der Waals surface area contributed by atoms with E-state index in [-0.39, 0.29) is 43.6 Å². The van der Waals surface area contributed by atoms with Gasteiger partial charge >= 0.3 is 0 Å². The lowest BCUT2D eigenvalue weighted by Gasteiger charge is -2.34. The molecule has 0 bridgehead atoms. The number of nitrogens with zero attached hydrogens (tertiary/aromatic N) is 3. The second kappa shape index (κ2) is 9.35. The van der Waals surface area contributed by atoms with E-state index < -0.39 is 15.8 Å². The molecule has 168 valence electrons. The highest BCUT2D eigenvalue weighted by Crippen LogP contribution is 2.24. The molecule has 0 unspecified atom stereocenters. The molecule has 4 rings (SSSR count). The van der Waals surface area contributed by atoms with Crippen molar-refractivity contribution in [1.82, 2.24) is 14.2 Å². The van der Waals surface area contributed by atoms with Crippen molar-refractivity contribution in [3.8, 4) is 5.75 Å². The van der Waals surface area contributed by atoms with Crippen molar-refractivity contribution < 1.29 is 22.3 Å². The molecule has 1 aliphatic heterocycles. The zero-order valence-corrected chi connectivity index (χ0v) is 19.0. The number of piperazine rings is 1. The van der Waals surface area contributed by atoms with Crippen molar-refractivity contribution in [3.63, 3.8) is 0 Å². The van der Waals surface area contributed by atoms with Crippen molar-refractivity contribution in [2.75, 3.05) is 26.2 Å². The quantitative estimate of drug-likeness (QED) is 0.547. The molecule has 2 heterocycles. The zero-order chi connectivity index (χ0) is 22.7. The Labute approximate surface area is 190 Å². The van der Waals surface area contributed by atoms with Gasteiger partial charge in [0.1, 0.15) is 23.1 Å². The fourth-order valence-corrected chi connectivity index (χ4v) is 5.57. The lowest BCUT2D eigenvalue weighted by atomic mass is 10.1. The highest BCUT2D eigenvalue weighted by molar-refractivity contribution is 7.89. The van der Waals surface area contributed by atoms with Gasteiger partial charge in [0.25, 0.3) is 5.91 Å². The van der Waals surface area contributed by atoms with Gasteiger partial charge in [0, 0.05) is 31.6 Å². The van der Waals surface area contributed by atoms with E-state index in [0.717, 1.165) is 16.8 Å². The molecule has 1 aliphatic rings. The van der Waals surface area contributed by atoms with Crippen molar-refractivity contribution in [2.45, 2.75) is 18.4 Å². The number of aryl methyl sites for hydroxylation is 1. The van der Waals surface area contributed by atoms with E-state index in [1.54, 1.807) is 29.2 Å². The van der Waals surface area contributed by atoms with E-state index >= 15 is 0 Å². The van der Waals surface area contributed by atoms with Gasteiger partial charge in [-0.3, -0.25) is 4.79 Å². The minimum atomic E-state index is -3.96. The van der Waals surface area contributed by atoms with Crippen LogP contribution in [0.1, 0.15) is 21.1 Å². The Morgan fingerprint density at radius 3 is 2.47 bits per heavy atom. The van der Waals surface area contributed by atoms with Gasteiger partial charge in [0.2, 0.25) is 10.0 Å². The minimum absolute atomic E-state index is 0.0868. The standard InChI is InChI=1S/C22H22FN3O4S2/c1-16-24-17(15-31-16)14-30-20-8-4-2-6-18(20)22(27)25-10-12-26(13-11-25)32(28,29)21-9-5-3-7-19(21)23/h2-9,15H,10-14H2,1H3. The maximum atomic E-state index is 14.0. The predicted octanol–water partition coefficient (Wildman–Crippen LogP) is 3.32. The van der Waals surface area contributed by atoms with E-state index in [1.165, 1.54) is 33.8 Å². The highest BCUT2D eigenvalue weighted by atomic mass is 32.2. The average molecular weight is 476 g/mol. The molecule has 0 aliphatic carbocycles. The number of sulfonamides is 1. The Bertz CT molecular complexity index is 1220. The maximum absolute atomic E-state index is 14.0. The topological polar surface area (TPSA) is 79.8 Å². The normalized spacial score (nSPS) is 15.0. The van der Waals surface area contributed by atoms with Gasteiger partial charge in [-0.15, -0.1) is 11.3 Å². The Kier molecular flexibility index (Phi) is 6.54. The Hall–Kier alpha value is -2.82. The summed E-state index contributed by atoms with van der Waals surface area (Å²) in [5.41, 5.74) is 1.20. The second-order valence-electron chi connectivity index (χ2n) is 7.27. The van der Waals surface area contributed by atoms with Crippen LogP contribution in [0.5, 0.6) is 5.75 Å². The van der Waals surface area contributed by atoms with Gasteiger partial charge in [-0.2, -0.15) is 4.31 Å². The first-order valence-corrected chi connectivity index (χ1v) is 12.3. The largest absolute Gasteiger partial charge is 0.486 e. The number of hydrogen-bond donors (Lipinski definition) is 0. The number of halogens is 1. The molecule has 3 aromatic rings. The molecule has 32 heavy (non-hydrogen) atoms. The van der Waals surface area contributed by atoms with Gasteiger partial charge in [-0.1, -0.05) is 24.3 Å². The van der Waals surface area contributed by atoms with Crippen LogP contribution in [0.3, 0.4) is 0 Å². The van der Waals surface area contributed by atoms with Crippen molar-refractivity contribution in [2.24, 2.45) is 0 Å². The van der Waals surface area contributed by atoms with Gasteiger partial charge in [-0.05, 0) is 31.2 Å². The summed E-state index contributed by atoms with van der Waals surface area (Å²) in [6, 6.07) is 12.3. The van der Waals surface area contributed by atoms with Gasteiger partial charge in [0.05, 0.1) is 16.3 Å². The molecule has 1 saturated heterocycles. The molecule has 0 saturated carbocycles. The van der Waals surface area contributed by atoms with E-state index in [1.807, 2.05) is 12.3 Å². The van der Waals surface area contributed by atoms with Crippen molar-refractivity contribution >= 4 is 27.3 Å². The zero-order valence-electron chi connectivity index (χ0n) is 17.4. The number of para-hydroxylation sites is 1. The predicted molar refractivity (Wildman–Crippen MR) is 119 cm³/mol. The van der Waals surface area contributed by atoms with Crippen molar-refractivity contribution in [3.05, 3.63) is 76.0 Å². The summed E-state index contributed by atoms with van der Waals surface area (Å²) in [5, 5.41) is 2.85. The maximum Gasteiger partial charge on any atom is 0.257 e. The molecular weight excluding hydrogens is 453 g/mol. The van der Waals surface area contributed by atoms with Crippen LogP contribution < -0.4 is 4.74 Å². The van der Waals surface area contributed by atoms with Crippen LogP contribution >= 0.6 is 11.3 Å². The number of aromatic nitrogens is 1. The fraction of sp³-hybridized carbons (Fsp3) is 0.273. The number of thiazole rings is 1. The summed E-state index contributed by atoms with van der Waals surface area (Å²) in [6.07, 6.45) is 0. The third-order valence-corrected chi connectivity index (χ3v) is 7.89. The number of carbonyl (C=O) groups is 1. The summed E-state index contributed by atoms with van der Waals surface area (Å²) in [5.74, 6) is -0.574. The lowest BCUT2D eigenvalue weighted by Crippen LogP contribution is -2.50. The third-order valence-electron chi connectivity index (χ3n) is 5.14. The minimum Gasteiger partial charge on any atom is -0.486 e. The number of rotatable bonds is 6. The van der Waals surface area contributed by atoms with E-state index in [0.29, 0.717) is 11.3 Å². The first-order valence-electron chi connectivity index (χ1n) is 10.0. The summed E-state index contributed by atoms with van der Waals surface area (Å²) < 4.78 is 46.6. The van der Waals surface area contributed by atoms with Crippen molar-refractivity contribution in [1.29, 1.82) is 0 Å².